The lowest BCUT2D eigenvalue weighted by molar-refractivity contribution is 0.116. The van der Waals surface area contributed by atoms with Crippen molar-refractivity contribution in [2.24, 2.45) is 0 Å². The van der Waals surface area contributed by atoms with Crippen LogP contribution >= 0.6 is 0 Å². The molecule has 2 atom stereocenters. The average molecular weight is 144 g/mol. The van der Waals surface area contributed by atoms with E-state index in [0.717, 1.165) is 12.8 Å². The summed E-state index contributed by atoms with van der Waals surface area (Å²) in [5, 5.41) is 8.74. The standard InChI is InChI=1S/C8H13FO/c1-3-5-6-7(9)8(10)4-2/h2,7-8,10H,3,5-6H2,1H3/t7-,8-/m0/s1. The Balaban J connectivity index is 3.43. The third-order valence-electron chi connectivity index (χ3n) is 1.35. The van der Waals surface area contributed by atoms with Crippen LogP contribution in [0.1, 0.15) is 26.2 Å². The molecule has 0 aromatic rings. The van der Waals surface area contributed by atoms with Gasteiger partial charge in [0.1, 0.15) is 12.3 Å². The molecule has 0 aromatic heterocycles. The molecule has 0 fully saturated rings. The fraction of sp³-hybridized carbons (Fsp3) is 0.750. The van der Waals surface area contributed by atoms with E-state index in [1.54, 1.807) is 0 Å². The van der Waals surface area contributed by atoms with Crippen molar-refractivity contribution in [3.8, 4) is 12.3 Å². The number of rotatable bonds is 4. The van der Waals surface area contributed by atoms with Crippen LogP contribution in [-0.2, 0) is 0 Å². The van der Waals surface area contributed by atoms with Gasteiger partial charge < -0.3 is 5.11 Å². The molecular formula is C8H13FO. The smallest absolute Gasteiger partial charge is 0.145 e. The zero-order valence-corrected chi connectivity index (χ0v) is 6.18. The number of unbranched alkanes of at least 4 members (excludes halogenated alkanes) is 1. The Morgan fingerprint density at radius 1 is 1.70 bits per heavy atom. The lowest BCUT2D eigenvalue weighted by Crippen LogP contribution is -2.19. The van der Waals surface area contributed by atoms with E-state index in [1.165, 1.54) is 0 Å². The molecule has 0 aromatic carbocycles. The van der Waals surface area contributed by atoms with E-state index in [-0.39, 0.29) is 0 Å². The Morgan fingerprint density at radius 2 is 2.30 bits per heavy atom. The van der Waals surface area contributed by atoms with E-state index in [9.17, 15) is 4.39 Å². The maximum atomic E-state index is 12.6. The van der Waals surface area contributed by atoms with Gasteiger partial charge in [-0.15, -0.1) is 6.42 Å². The highest BCUT2D eigenvalue weighted by Crippen LogP contribution is 2.07. The number of halogens is 1. The van der Waals surface area contributed by atoms with Crippen molar-refractivity contribution in [1.29, 1.82) is 0 Å². The molecule has 0 unspecified atom stereocenters. The molecule has 0 amide bonds. The number of hydrogen-bond acceptors (Lipinski definition) is 1. The van der Waals surface area contributed by atoms with Crippen molar-refractivity contribution >= 4 is 0 Å². The van der Waals surface area contributed by atoms with Gasteiger partial charge in [0.05, 0.1) is 0 Å². The molecule has 1 N–H and O–H groups in total. The lowest BCUT2D eigenvalue weighted by Gasteiger charge is -2.08. The van der Waals surface area contributed by atoms with E-state index in [2.05, 4.69) is 0 Å². The monoisotopic (exact) mass is 144 g/mol. The fourth-order valence-corrected chi connectivity index (χ4v) is 0.661. The molecule has 0 aliphatic rings. The highest BCUT2D eigenvalue weighted by atomic mass is 19.1. The van der Waals surface area contributed by atoms with Crippen molar-refractivity contribution in [3.63, 3.8) is 0 Å². The third kappa shape index (κ3) is 3.47. The largest absolute Gasteiger partial charge is 0.377 e. The number of aliphatic hydroxyl groups excluding tert-OH is 1. The molecule has 58 valence electrons. The second-order valence-electron chi connectivity index (χ2n) is 2.27. The Kier molecular flexibility index (Phi) is 4.96. The molecule has 0 bridgehead atoms. The van der Waals surface area contributed by atoms with Crippen molar-refractivity contribution in [1.82, 2.24) is 0 Å². The molecule has 10 heavy (non-hydrogen) atoms. The minimum Gasteiger partial charge on any atom is -0.377 e. The van der Waals surface area contributed by atoms with E-state index >= 15 is 0 Å². The van der Waals surface area contributed by atoms with Crippen molar-refractivity contribution in [2.75, 3.05) is 0 Å². The second-order valence-corrected chi connectivity index (χ2v) is 2.27. The maximum Gasteiger partial charge on any atom is 0.145 e. The Hall–Kier alpha value is -0.550. The van der Waals surface area contributed by atoms with Gasteiger partial charge in [0, 0.05) is 0 Å². The molecule has 0 saturated heterocycles. The molecule has 2 heteroatoms. The molecular weight excluding hydrogens is 131 g/mol. The summed E-state index contributed by atoms with van der Waals surface area (Å²) in [5.41, 5.74) is 0. The maximum absolute atomic E-state index is 12.6. The number of hydrogen-bond donors (Lipinski definition) is 1. The first-order valence-electron chi connectivity index (χ1n) is 3.50. The minimum atomic E-state index is -1.25. The fourth-order valence-electron chi connectivity index (χ4n) is 0.661. The van der Waals surface area contributed by atoms with Crippen LogP contribution in [0.4, 0.5) is 4.39 Å². The Labute approximate surface area is 61.3 Å². The van der Waals surface area contributed by atoms with Gasteiger partial charge in [-0.3, -0.25) is 0 Å². The quantitative estimate of drug-likeness (QED) is 0.593. The highest BCUT2D eigenvalue weighted by Gasteiger charge is 2.13. The summed E-state index contributed by atoms with van der Waals surface area (Å²) in [6.07, 6.45) is 4.41. The minimum absolute atomic E-state index is 0.363. The lowest BCUT2D eigenvalue weighted by atomic mass is 10.1. The van der Waals surface area contributed by atoms with Crippen LogP contribution in [0, 0.1) is 12.3 Å². The number of aliphatic hydroxyl groups is 1. The van der Waals surface area contributed by atoms with Gasteiger partial charge in [-0.05, 0) is 6.42 Å². The van der Waals surface area contributed by atoms with Gasteiger partial charge in [-0.25, -0.2) is 4.39 Å². The van der Waals surface area contributed by atoms with Gasteiger partial charge in [0.2, 0.25) is 0 Å². The zero-order chi connectivity index (χ0) is 7.98. The summed E-state index contributed by atoms with van der Waals surface area (Å²) < 4.78 is 12.6. The predicted molar refractivity (Wildman–Crippen MR) is 39.3 cm³/mol. The summed E-state index contributed by atoms with van der Waals surface area (Å²) in [6, 6.07) is 0. The summed E-state index contributed by atoms with van der Waals surface area (Å²) in [6.45, 7) is 1.97. The predicted octanol–water partition coefficient (Wildman–Crippen LogP) is 1.51. The summed E-state index contributed by atoms with van der Waals surface area (Å²) in [7, 11) is 0. The van der Waals surface area contributed by atoms with Gasteiger partial charge in [0.15, 0.2) is 0 Å². The molecule has 0 saturated carbocycles. The summed E-state index contributed by atoms with van der Waals surface area (Å²) in [4.78, 5) is 0. The van der Waals surface area contributed by atoms with Crippen molar-refractivity contribution in [3.05, 3.63) is 0 Å². The van der Waals surface area contributed by atoms with Crippen molar-refractivity contribution in [2.45, 2.75) is 38.5 Å². The van der Waals surface area contributed by atoms with Gasteiger partial charge in [-0.2, -0.15) is 0 Å². The molecule has 0 aliphatic heterocycles. The summed E-state index contributed by atoms with van der Waals surface area (Å²) in [5.74, 6) is 1.95. The Bertz CT molecular complexity index is 117. The average Bonchev–Trinajstić information content (AvgIpc) is 1.98. The molecule has 0 aliphatic carbocycles. The van der Waals surface area contributed by atoms with Crippen LogP contribution in [0.5, 0.6) is 0 Å². The van der Waals surface area contributed by atoms with Gasteiger partial charge in [-0.1, -0.05) is 25.7 Å². The van der Waals surface area contributed by atoms with E-state index in [1.807, 2.05) is 12.8 Å². The number of alkyl halides is 1. The second kappa shape index (κ2) is 5.25. The SMILES string of the molecule is C#C[C@H](O)[C@@H](F)CCCC. The highest BCUT2D eigenvalue weighted by molar-refractivity contribution is 4.97. The van der Waals surface area contributed by atoms with Crippen LogP contribution in [0.2, 0.25) is 0 Å². The molecule has 1 nitrogen and oxygen atoms in total. The number of terminal acetylenes is 1. The van der Waals surface area contributed by atoms with Crippen LogP contribution in [0.15, 0.2) is 0 Å². The van der Waals surface area contributed by atoms with Crippen molar-refractivity contribution < 1.29 is 9.50 Å². The topological polar surface area (TPSA) is 20.2 Å². The first kappa shape index (κ1) is 9.45. The normalized spacial score (nSPS) is 15.8. The van der Waals surface area contributed by atoms with E-state index in [4.69, 9.17) is 11.5 Å². The molecule has 0 spiro atoms. The zero-order valence-electron chi connectivity index (χ0n) is 6.18. The first-order chi connectivity index (χ1) is 4.72. The molecule has 0 heterocycles. The molecule has 0 radical (unpaired) electrons. The summed E-state index contributed by atoms with van der Waals surface area (Å²) >= 11 is 0. The van der Waals surface area contributed by atoms with Crippen LogP contribution < -0.4 is 0 Å². The van der Waals surface area contributed by atoms with E-state index in [0.29, 0.717) is 6.42 Å². The van der Waals surface area contributed by atoms with Gasteiger partial charge in [0.25, 0.3) is 0 Å². The van der Waals surface area contributed by atoms with Crippen LogP contribution in [-0.4, -0.2) is 17.4 Å². The van der Waals surface area contributed by atoms with Gasteiger partial charge >= 0.3 is 0 Å². The van der Waals surface area contributed by atoms with E-state index < -0.39 is 12.3 Å². The van der Waals surface area contributed by atoms with Crippen LogP contribution in [0.25, 0.3) is 0 Å². The molecule has 0 rings (SSSR count). The Morgan fingerprint density at radius 3 is 2.70 bits per heavy atom. The van der Waals surface area contributed by atoms with Crippen LogP contribution in [0.3, 0.4) is 0 Å². The first-order valence-corrected chi connectivity index (χ1v) is 3.50. The third-order valence-corrected chi connectivity index (χ3v) is 1.35.